The van der Waals surface area contributed by atoms with Crippen LogP contribution in [-0.2, 0) is 21.8 Å². The molecule has 49 heavy (non-hydrogen) atoms. The lowest BCUT2D eigenvalue weighted by Crippen LogP contribution is -2.46. The Kier molecular flexibility index (Phi) is 9.27. The molecule has 2 saturated heterocycles. The van der Waals surface area contributed by atoms with Crippen molar-refractivity contribution in [1.82, 2.24) is 29.1 Å². The SMILES string of the molecule is [2H]c1nn(C(C)CC)c(=O)n1-c1ccc(N2CCN(c3ccc(OC[C@@H]4CO[C@@](Cn5cncn5)(c5ccc(Cl)cc5Cl)O4)cc3)CC2)cc1. The Hall–Kier alpha value is -4.36. The highest BCUT2D eigenvalue weighted by molar-refractivity contribution is 6.35. The molecule has 0 amide bonds. The van der Waals surface area contributed by atoms with Crippen LogP contribution in [0.15, 0.2) is 90.5 Å². The molecule has 0 bridgehead atoms. The summed E-state index contributed by atoms with van der Waals surface area (Å²) in [5.41, 5.74) is 3.21. The van der Waals surface area contributed by atoms with E-state index in [1.54, 1.807) is 23.1 Å². The van der Waals surface area contributed by atoms with E-state index < -0.39 is 5.79 Å². The largest absolute Gasteiger partial charge is 0.491 e. The fraction of sp³-hybridized carbons (Fsp3) is 0.371. The van der Waals surface area contributed by atoms with Crippen LogP contribution in [0.5, 0.6) is 5.75 Å². The predicted molar refractivity (Wildman–Crippen MR) is 188 cm³/mol. The summed E-state index contributed by atoms with van der Waals surface area (Å²) in [5, 5.41) is 9.35. The van der Waals surface area contributed by atoms with Crippen molar-refractivity contribution in [3.05, 3.63) is 112 Å². The van der Waals surface area contributed by atoms with Crippen molar-refractivity contribution in [2.75, 3.05) is 49.2 Å². The molecule has 12 nitrogen and oxygen atoms in total. The minimum absolute atomic E-state index is 0.0603. The van der Waals surface area contributed by atoms with E-state index in [0.29, 0.717) is 34.5 Å². The second-order valence-electron chi connectivity index (χ2n) is 12.2. The molecular formula is C35H38Cl2N8O4. The number of ether oxygens (including phenoxy) is 3. The lowest BCUT2D eigenvalue weighted by atomic mass is 10.1. The molecule has 2 aliphatic heterocycles. The van der Waals surface area contributed by atoms with Crippen molar-refractivity contribution in [3.63, 3.8) is 0 Å². The zero-order chi connectivity index (χ0) is 34.8. The molecule has 7 rings (SSSR count). The van der Waals surface area contributed by atoms with Crippen LogP contribution in [0.3, 0.4) is 0 Å². The monoisotopic (exact) mass is 705 g/mol. The number of benzene rings is 3. The number of hydrogen-bond donors (Lipinski definition) is 0. The van der Waals surface area contributed by atoms with E-state index in [2.05, 4.69) is 37.1 Å². The smallest absolute Gasteiger partial charge is 0.350 e. The minimum Gasteiger partial charge on any atom is -0.491 e. The lowest BCUT2D eigenvalue weighted by molar-refractivity contribution is -0.190. The summed E-state index contributed by atoms with van der Waals surface area (Å²) >= 11 is 12.7. The van der Waals surface area contributed by atoms with Gasteiger partial charge in [0.2, 0.25) is 5.79 Å². The highest BCUT2D eigenvalue weighted by Crippen LogP contribution is 2.40. The molecule has 2 aromatic heterocycles. The summed E-state index contributed by atoms with van der Waals surface area (Å²) in [7, 11) is 0. The third kappa shape index (κ3) is 7.04. The third-order valence-electron chi connectivity index (χ3n) is 9.08. The van der Waals surface area contributed by atoms with E-state index >= 15 is 0 Å². The summed E-state index contributed by atoms with van der Waals surface area (Å²) in [4.78, 5) is 21.6. The van der Waals surface area contributed by atoms with E-state index in [1.165, 1.54) is 15.6 Å². The van der Waals surface area contributed by atoms with Gasteiger partial charge < -0.3 is 24.0 Å². The molecule has 0 aliphatic carbocycles. The fourth-order valence-corrected chi connectivity index (χ4v) is 6.72. The molecule has 0 saturated carbocycles. The molecule has 0 radical (unpaired) electrons. The number of rotatable bonds is 11. The fourth-order valence-electron chi connectivity index (χ4n) is 6.17. The Morgan fingerprint density at radius 1 is 0.980 bits per heavy atom. The molecule has 1 unspecified atom stereocenters. The lowest BCUT2D eigenvalue weighted by Gasteiger charge is -2.37. The minimum atomic E-state index is -1.17. The average Bonchev–Trinajstić information content (AvgIpc) is 3.87. The van der Waals surface area contributed by atoms with Crippen LogP contribution in [0.2, 0.25) is 10.0 Å². The van der Waals surface area contributed by atoms with Crippen molar-refractivity contribution in [2.45, 2.75) is 44.7 Å². The van der Waals surface area contributed by atoms with Gasteiger partial charge >= 0.3 is 5.69 Å². The van der Waals surface area contributed by atoms with Crippen molar-refractivity contribution in [1.29, 1.82) is 0 Å². The van der Waals surface area contributed by atoms with Crippen LogP contribution in [0.1, 0.15) is 33.2 Å². The first-order valence-electron chi connectivity index (χ1n) is 16.8. The zero-order valence-corrected chi connectivity index (χ0v) is 28.8. The summed E-state index contributed by atoms with van der Waals surface area (Å²) < 4.78 is 31.5. The van der Waals surface area contributed by atoms with Crippen LogP contribution in [0, 0.1) is 0 Å². The first-order valence-corrected chi connectivity index (χ1v) is 17.1. The van der Waals surface area contributed by atoms with Gasteiger partial charge in [-0.1, -0.05) is 36.2 Å². The Balaban J connectivity index is 0.931. The zero-order valence-electron chi connectivity index (χ0n) is 28.3. The molecule has 14 heteroatoms. The van der Waals surface area contributed by atoms with Crippen LogP contribution < -0.4 is 20.2 Å². The first kappa shape index (κ1) is 31.9. The number of piperazine rings is 1. The second kappa shape index (κ2) is 14.2. The molecule has 3 atom stereocenters. The van der Waals surface area contributed by atoms with E-state index in [1.807, 2.05) is 56.3 Å². The van der Waals surface area contributed by atoms with Gasteiger partial charge in [-0.2, -0.15) is 10.2 Å². The molecule has 0 N–H and O–H groups in total. The Bertz CT molecular complexity index is 1960. The van der Waals surface area contributed by atoms with Crippen LogP contribution in [0.25, 0.3) is 5.69 Å². The van der Waals surface area contributed by atoms with Gasteiger partial charge in [0, 0.05) is 48.1 Å². The number of aromatic nitrogens is 6. The van der Waals surface area contributed by atoms with Crippen molar-refractivity contribution in [3.8, 4) is 11.4 Å². The standard InChI is InChI=1S/C35H38Cl2N8O4/c1-3-25(2)45-34(46)44(24-40-45)29-7-5-27(6-8-29)41-14-16-42(17-15-41)28-9-11-30(12-10-28)47-19-31-20-48-35(49-31,21-43-23-38-22-39-43)32-13-4-26(36)18-33(32)37/h4-13,18,22-25,31H,3,14-17,19-21H2,1-2H3/t25?,31-,35-/m1/s1/i24D. The summed E-state index contributed by atoms with van der Waals surface area (Å²) in [6, 6.07) is 21.0. The average molecular weight is 707 g/mol. The third-order valence-corrected chi connectivity index (χ3v) is 9.62. The number of hydrogen-bond acceptors (Lipinski definition) is 9. The van der Waals surface area contributed by atoms with Gasteiger partial charge in [-0.05, 0) is 74.0 Å². The van der Waals surface area contributed by atoms with Crippen LogP contribution >= 0.6 is 23.2 Å². The number of nitrogens with zero attached hydrogens (tertiary/aromatic N) is 8. The normalized spacial score (nSPS) is 20.4. The molecule has 2 aliphatic rings. The summed E-state index contributed by atoms with van der Waals surface area (Å²) in [6.07, 6.45) is 3.43. The van der Waals surface area contributed by atoms with Gasteiger partial charge in [-0.3, -0.25) is 0 Å². The Labute approximate surface area is 295 Å². The number of anilines is 2. The molecule has 0 spiro atoms. The van der Waals surface area contributed by atoms with Crippen molar-refractivity contribution in [2.24, 2.45) is 0 Å². The quantitative estimate of drug-likeness (QED) is 0.174. The van der Waals surface area contributed by atoms with Crippen molar-refractivity contribution < 1.29 is 15.6 Å². The van der Waals surface area contributed by atoms with Gasteiger partial charge in [-0.15, -0.1) is 0 Å². The highest BCUT2D eigenvalue weighted by atomic mass is 35.5. The molecular weight excluding hydrogens is 667 g/mol. The maximum Gasteiger partial charge on any atom is 0.350 e. The maximum atomic E-state index is 12.9. The van der Waals surface area contributed by atoms with E-state index in [4.69, 9.17) is 38.8 Å². The van der Waals surface area contributed by atoms with Gasteiger partial charge in [-0.25, -0.2) is 23.7 Å². The van der Waals surface area contributed by atoms with Crippen LogP contribution in [-0.4, -0.2) is 74.6 Å². The van der Waals surface area contributed by atoms with Gasteiger partial charge in [0.25, 0.3) is 0 Å². The maximum absolute atomic E-state index is 12.9. The van der Waals surface area contributed by atoms with Gasteiger partial charge in [0.15, 0.2) is 0 Å². The first-order chi connectivity index (χ1) is 24.2. The summed E-state index contributed by atoms with van der Waals surface area (Å²) in [6.45, 7) is 8.19. The molecule has 4 heterocycles. The van der Waals surface area contributed by atoms with E-state index in [-0.39, 0.29) is 30.7 Å². The second-order valence-corrected chi connectivity index (χ2v) is 13.1. The highest BCUT2D eigenvalue weighted by Gasteiger charge is 2.45. The topological polar surface area (TPSA) is 105 Å². The van der Waals surface area contributed by atoms with E-state index in [9.17, 15) is 4.79 Å². The Morgan fingerprint density at radius 2 is 1.65 bits per heavy atom. The molecule has 2 fully saturated rings. The van der Waals surface area contributed by atoms with Crippen molar-refractivity contribution >= 4 is 34.6 Å². The molecule has 3 aromatic carbocycles. The molecule has 256 valence electrons. The summed E-state index contributed by atoms with van der Waals surface area (Å²) in [5.74, 6) is -0.432. The van der Waals surface area contributed by atoms with Gasteiger partial charge in [0.1, 0.15) is 45.3 Å². The van der Waals surface area contributed by atoms with E-state index in [0.717, 1.165) is 49.7 Å². The predicted octanol–water partition coefficient (Wildman–Crippen LogP) is 5.58. The van der Waals surface area contributed by atoms with Crippen LogP contribution in [0.4, 0.5) is 11.4 Å². The number of halogens is 2. The molecule has 5 aromatic rings. The Morgan fingerprint density at radius 3 is 2.29 bits per heavy atom. The van der Waals surface area contributed by atoms with Gasteiger partial charge in [0.05, 0.1) is 23.4 Å².